The van der Waals surface area contributed by atoms with E-state index >= 15 is 0 Å². The normalized spacial score (nSPS) is 12.0. The van der Waals surface area contributed by atoms with E-state index in [0.717, 1.165) is 44.4 Å². The maximum atomic E-state index is 12.5. The van der Waals surface area contributed by atoms with Crippen molar-refractivity contribution in [2.45, 2.75) is 181 Å². The van der Waals surface area contributed by atoms with Gasteiger partial charge in [-0.15, -0.1) is 0 Å². The number of ether oxygens (including phenoxy) is 1. The summed E-state index contributed by atoms with van der Waals surface area (Å²) in [5.74, 6) is -0.873. The Morgan fingerprint density at radius 2 is 1.08 bits per heavy atom. The van der Waals surface area contributed by atoms with Gasteiger partial charge in [-0.05, 0) is 25.2 Å². The first-order valence-corrected chi connectivity index (χ1v) is 16.5. The first-order valence-electron chi connectivity index (χ1n) is 16.5. The number of carboxylic acid groups (broad SMARTS) is 1. The maximum absolute atomic E-state index is 12.5. The molecule has 0 rings (SSSR count). The van der Waals surface area contributed by atoms with Gasteiger partial charge in [-0.1, -0.05) is 143 Å². The van der Waals surface area contributed by atoms with Crippen LogP contribution in [0.1, 0.15) is 175 Å². The molecule has 6 nitrogen and oxygen atoms in total. The van der Waals surface area contributed by atoms with Crippen molar-refractivity contribution in [3.8, 4) is 0 Å². The molecule has 1 amide bonds. The van der Waals surface area contributed by atoms with Crippen LogP contribution in [0.4, 0.5) is 0 Å². The van der Waals surface area contributed by atoms with Gasteiger partial charge in [-0.25, -0.2) is 4.79 Å². The molecule has 0 bridgehead atoms. The molecule has 0 aliphatic carbocycles. The van der Waals surface area contributed by atoms with E-state index in [9.17, 15) is 14.4 Å². The molecule has 0 fully saturated rings. The minimum absolute atomic E-state index is 0.0648. The Hall–Kier alpha value is -1.59. The van der Waals surface area contributed by atoms with Crippen LogP contribution in [0.2, 0.25) is 0 Å². The minimum atomic E-state index is -0.979. The number of hydrogen-bond acceptors (Lipinski definition) is 4. The summed E-state index contributed by atoms with van der Waals surface area (Å²) in [6.07, 6.45) is 25.7. The summed E-state index contributed by atoms with van der Waals surface area (Å²) < 4.78 is 5.39. The van der Waals surface area contributed by atoms with Crippen LogP contribution in [0.5, 0.6) is 0 Å². The molecule has 0 aromatic rings. The molecule has 1 atom stereocenters. The van der Waals surface area contributed by atoms with Crippen LogP contribution in [0.15, 0.2) is 0 Å². The van der Waals surface area contributed by atoms with Crippen molar-refractivity contribution in [1.29, 1.82) is 0 Å². The second kappa shape index (κ2) is 28.0. The predicted molar refractivity (Wildman–Crippen MR) is 162 cm³/mol. The Labute approximate surface area is 240 Å². The fourth-order valence-electron chi connectivity index (χ4n) is 4.90. The molecule has 6 heteroatoms. The number of amides is 1. The minimum Gasteiger partial charge on any atom is -0.481 e. The monoisotopic (exact) mass is 553 g/mol. The highest BCUT2D eigenvalue weighted by molar-refractivity contribution is 5.84. The zero-order valence-electron chi connectivity index (χ0n) is 25.9. The number of rotatable bonds is 29. The molecule has 0 saturated heterocycles. The fourth-order valence-corrected chi connectivity index (χ4v) is 4.90. The van der Waals surface area contributed by atoms with E-state index in [2.05, 4.69) is 26.1 Å². The highest BCUT2D eigenvalue weighted by Gasteiger charge is 2.23. The summed E-state index contributed by atoms with van der Waals surface area (Å²) in [4.78, 5) is 35.9. The standard InChI is InChI=1S/C33H63NO5/c1-4-5-6-7-8-9-10-13-16-19-22-25-31(35)34-30(26-27-32(36)37)33(38)39-28-23-20-17-14-11-12-15-18-21-24-29(2)3/h29-30H,4-28H2,1-3H3,(H,34,35)(H,36,37)/t30-/m0/s1. The first kappa shape index (κ1) is 37.4. The Bertz CT molecular complexity index is 593. The smallest absolute Gasteiger partial charge is 0.328 e. The first-order chi connectivity index (χ1) is 18.9. The van der Waals surface area contributed by atoms with Crippen molar-refractivity contribution in [2.75, 3.05) is 6.61 Å². The van der Waals surface area contributed by atoms with Gasteiger partial charge in [0.1, 0.15) is 6.04 Å². The zero-order chi connectivity index (χ0) is 29.0. The molecule has 0 unspecified atom stereocenters. The molecular weight excluding hydrogens is 490 g/mol. The molecule has 0 saturated carbocycles. The highest BCUT2D eigenvalue weighted by atomic mass is 16.5. The quantitative estimate of drug-likeness (QED) is 0.0711. The number of esters is 1. The second-order valence-electron chi connectivity index (χ2n) is 11.9. The largest absolute Gasteiger partial charge is 0.481 e. The average Bonchev–Trinajstić information content (AvgIpc) is 2.89. The molecule has 0 spiro atoms. The number of nitrogens with one attached hydrogen (secondary N) is 1. The van der Waals surface area contributed by atoms with Crippen LogP contribution in [0.25, 0.3) is 0 Å². The van der Waals surface area contributed by atoms with E-state index < -0.39 is 18.0 Å². The second-order valence-corrected chi connectivity index (χ2v) is 11.9. The third-order valence-corrected chi connectivity index (χ3v) is 7.44. The molecule has 0 radical (unpaired) electrons. The number of hydrogen-bond donors (Lipinski definition) is 2. The van der Waals surface area contributed by atoms with Crippen LogP contribution in [-0.2, 0) is 19.1 Å². The Kier molecular flexibility index (Phi) is 26.8. The van der Waals surface area contributed by atoms with E-state index in [-0.39, 0.29) is 18.7 Å². The Balaban J connectivity index is 3.93. The van der Waals surface area contributed by atoms with E-state index in [4.69, 9.17) is 9.84 Å². The van der Waals surface area contributed by atoms with Crippen molar-refractivity contribution >= 4 is 17.8 Å². The zero-order valence-corrected chi connectivity index (χ0v) is 25.9. The van der Waals surface area contributed by atoms with Gasteiger partial charge in [-0.2, -0.15) is 0 Å². The predicted octanol–water partition coefficient (Wildman–Crippen LogP) is 9.14. The van der Waals surface area contributed by atoms with E-state index in [1.54, 1.807) is 0 Å². The van der Waals surface area contributed by atoms with Gasteiger partial charge in [0.15, 0.2) is 0 Å². The molecule has 0 aliphatic heterocycles. The SMILES string of the molecule is CCCCCCCCCCCCCC(=O)N[C@@H](CCC(=O)O)C(=O)OCCCCCCCCCCCC(C)C. The number of carbonyl (C=O) groups is 3. The topological polar surface area (TPSA) is 92.7 Å². The lowest BCUT2D eigenvalue weighted by Crippen LogP contribution is -2.42. The Morgan fingerprint density at radius 3 is 1.56 bits per heavy atom. The number of carboxylic acids is 1. The van der Waals surface area contributed by atoms with Crippen LogP contribution < -0.4 is 5.32 Å². The van der Waals surface area contributed by atoms with E-state index in [1.807, 2.05) is 0 Å². The molecule has 0 aliphatic rings. The third-order valence-electron chi connectivity index (χ3n) is 7.44. The average molecular weight is 554 g/mol. The fraction of sp³-hybridized carbons (Fsp3) is 0.909. The van der Waals surface area contributed by atoms with Gasteiger partial charge >= 0.3 is 11.9 Å². The summed E-state index contributed by atoms with van der Waals surface area (Å²) in [5.41, 5.74) is 0. The van der Waals surface area contributed by atoms with Gasteiger partial charge in [0.25, 0.3) is 0 Å². The van der Waals surface area contributed by atoms with Gasteiger partial charge in [0, 0.05) is 12.8 Å². The summed E-state index contributed by atoms with van der Waals surface area (Å²) >= 11 is 0. The van der Waals surface area contributed by atoms with Crippen LogP contribution in [-0.4, -0.2) is 35.6 Å². The van der Waals surface area contributed by atoms with Gasteiger partial charge in [-0.3, -0.25) is 9.59 Å². The molecule has 0 aromatic carbocycles. The van der Waals surface area contributed by atoms with Gasteiger partial charge in [0.05, 0.1) is 6.61 Å². The summed E-state index contributed by atoms with van der Waals surface area (Å²) in [6.45, 7) is 7.13. The maximum Gasteiger partial charge on any atom is 0.328 e. The number of carbonyl (C=O) groups excluding carboxylic acids is 2. The number of unbranched alkanes of at least 4 members (excludes halogenated alkanes) is 18. The van der Waals surface area contributed by atoms with E-state index in [0.29, 0.717) is 13.0 Å². The van der Waals surface area contributed by atoms with Gasteiger partial charge in [0.2, 0.25) is 5.91 Å². The molecule has 230 valence electrons. The molecule has 2 N–H and O–H groups in total. The van der Waals surface area contributed by atoms with Crippen LogP contribution in [0, 0.1) is 5.92 Å². The van der Waals surface area contributed by atoms with Gasteiger partial charge < -0.3 is 15.2 Å². The Morgan fingerprint density at radius 1 is 0.615 bits per heavy atom. The van der Waals surface area contributed by atoms with E-state index in [1.165, 1.54) is 96.3 Å². The lowest BCUT2D eigenvalue weighted by atomic mass is 10.0. The third kappa shape index (κ3) is 27.8. The van der Waals surface area contributed by atoms with Crippen molar-refractivity contribution in [1.82, 2.24) is 5.32 Å². The molecular formula is C33H63NO5. The lowest BCUT2D eigenvalue weighted by molar-refractivity contribution is -0.148. The lowest BCUT2D eigenvalue weighted by Gasteiger charge is -2.17. The van der Waals surface area contributed by atoms with Crippen molar-refractivity contribution in [2.24, 2.45) is 5.92 Å². The molecule has 39 heavy (non-hydrogen) atoms. The van der Waals surface area contributed by atoms with Crippen molar-refractivity contribution in [3.05, 3.63) is 0 Å². The van der Waals surface area contributed by atoms with Crippen molar-refractivity contribution in [3.63, 3.8) is 0 Å². The van der Waals surface area contributed by atoms with Crippen LogP contribution in [0.3, 0.4) is 0 Å². The molecule has 0 heterocycles. The summed E-state index contributed by atoms with van der Waals surface area (Å²) in [7, 11) is 0. The highest BCUT2D eigenvalue weighted by Crippen LogP contribution is 2.14. The molecule has 0 aromatic heterocycles. The van der Waals surface area contributed by atoms with Crippen LogP contribution >= 0.6 is 0 Å². The van der Waals surface area contributed by atoms with Crippen molar-refractivity contribution < 1.29 is 24.2 Å². The number of aliphatic carboxylic acids is 1. The summed E-state index contributed by atoms with van der Waals surface area (Å²) in [5, 5.41) is 11.8. The summed E-state index contributed by atoms with van der Waals surface area (Å²) in [6, 6.07) is -0.878.